The van der Waals surface area contributed by atoms with Gasteiger partial charge in [0.05, 0.1) is 24.4 Å². The van der Waals surface area contributed by atoms with Gasteiger partial charge in [0.2, 0.25) is 0 Å². The molecule has 2 heterocycles. The lowest BCUT2D eigenvalue weighted by Crippen LogP contribution is -2.00. The molecular weight excluding hydrogens is 308 g/mol. The van der Waals surface area contributed by atoms with E-state index in [1.54, 1.807) is 28.8 Å². The Labute approximate surface area is 138 Å². The highest BCUT2D eigenvalue weighted by Gasteiger charge is 2.14. The maximum atomic E-state index is 11.0. The zero-order valence-corrected chi connectivity index (χ0v) is 13.1. The topological polar surface area (TPSA) is 88.5 Å². The summed E-state index contributed by atoms with van der Waals surface area (Å²) >= 11 is 0. The molecule has 2 aromatic heterocycles. The second-order valence-corrected chi connectivity index (χ2v) is 5.01. The Balaban J connectivity index is 1.94. The van der Waals surface area contributed by atoms with Crippen LogP contribution in [0, 0.1) is 0 Å². The summed E-state index contributed by atoms with van der Waals surface area (Å²) in [5.41, 5.74) is 1.66. The fourth-order valence-corrected chi connectivity index (χ4v) is 2.28. The minimum Gasteiger partial charge on any atom is -0.494 e. The molecule has 0 aliphatic heterocycles. The number of hydrogen-bond acceptors (Lipinski definition) is 5. The van der Waals surface area contributed by atoms with Crippen molar-refractivity contribution in [1.82, 2.24) is 9.38 Å². The molecule has 0 atom stereocenters. The van der Waals surface area contributed by atoms with Gasteiger partial charge < -0.3 is 9.84 Å². The van der Waals surface area contributed by atoms with Crippen molar-refractivity contribution in [1.29, 1.82) is 0 Å². The average Bonchev–Trinajstić information content (AvgIpc) is 2.91. The first-order valence-electron chi connectivity index (χ1n) is 7.49. The van der Waals surface area contributed by atoms with Crippen molar-refractivity contribution in [3.8, 4) is 5.75 Å². The second-order valence-electron chi connectivity index (χ2n) is 5.01. The van der Waals surface area contributed by atoms with Gasteiger partial charge in [0, 0.05) is 6.20 Å². The van der Waals surface area contributed by atoms with E-state index in [0.717, 1.165) is 5.75 Å². The Bertz CT molecular complexity index is 884. The van der Waals surface area contributed by atoms with Crippen LogP contribution < -0.4 is 4.74 Å². The number of carboxylic acids is 1. The Morgan fingerprint density at radius 3 is 2.71 bits per heavy atom. The van der Waals surface area contributed by atoms with Crippen LogP contribution in [0.2, 0.25) is 0 Å². The fourth-order valence-electron chi connectivity index (χ4n) is 2.28. The smallest absolute Gasteiger partial charge is 0.309 e. The van der Waals surface area contributed by atoms with E-state index < -0.39 is 5.97 Å². The number of imidazole rings is 1. The van der Waals surface area contributed by atoms with Crippen molar-refractivity contribution in [2.24, 2.45) is 10.2 Å². The molecule has 3 rings (SSSR count). The third kappa shape index (κ3) is 3.40. The fraction of sp³-hybridized carbons (Fsp3) is 0.176. The summed E-state index contributed by atoms with van der Waals surface area (Å²) in [6.07, 6.45) is 1.57. The summed E-state index contributed by atoms with van der Waals surface area (Å²) in [5, 5.41) is 17.4. The Kier molecular flexibility index (Phi) is 4.51. The largest absolute Gasteiger partial charge is 0.494 e. The number of nitrogens with zero attached hydrogens (tertiary/aromatic N) is 4. The van der Waals surface area contributed by atoms with Gasteiger partial charge in [0.15, 0.2) is 5.82 Å². The lowest BCUT2D eigenvalue weighted by atomic mass is 10.3. The molecule has 0 aliphatic rings. The van der Waals surface area contributed by atoms with Gasteiger partial charge in [-0.3, -0.25) is 9.20 Å². The van der Waals surface area contributed by atoms with Gasteiger partial charge in [-0.05, 0) is 43.3 Å². The Morgan fingerprint density at radius 1 is 1.21 bits per heavy atom. The molecule has 7 nitrogen and oxygen atoms in total. The standard InChI is InChI=1S/C17H16N4O3/c1-2-24-13-8-6-12(7-9-13)19-20-17-14(11-16(22)23)18-15-5-3-4-10-21(15)17/h3-10H,2,11H2,1H3,(H,22,23). The number of rotatable bonds is 6. The minimum absolute atomic E-state index is 0.209. The molecule has 0 saturated heterocycles. The molecule has 1 aromatic carbocycles. The van der Waals surface area contributed by atoms with Crippen molar-refractivity contribution >= 4 is 23.1 Å². The van der Waals surface area contributed by atoms with Crippen LogP contribution in [0.4, 0.5) is 11.5 Å². The summed E-state index contributed by atoms with van der Waals surface area (Å²) in [5.74, 6) is 0.218. The number of fused-ring (bicyclic) bond motifs is 1. The number of azo groups is 1. The van der Waals surface area contributed by atoms with Crippen LogP contribution in [0.15, 0.2) is 58.9 Å². The summed E-state index contributed by atoms with van der Waals surface area (Å²) < 4.78 is 7.10. The molecule has 122 valence electrons. The number of carbonyl (C=O) groups is 1. The zero-order chi connectivity index (χ0) is 16.9. The van der Waals surface area contributed by atoms with E-state index in [1.807, 2.05) is 31.2 Å². The lowest BCUT2D eigenvalue weighted by Gasteiger charge is -2.01. The summed E-state index contributed by atoms with van der Waals surface area (Å²) in [7, 11) is 0. The third-order valence-corrected chi connectivity index (χ3v) is 3.30. The molecule has 0 spiro atoms. The Morgan fingerprint density at radius 2 is 2.00 bits per heavy atom. The van der Waals surface area contributed by atoms with E-state index in [0.29, 0.717) is 29.5 Å². The van der Waals surface area contributed by atoms with Crippen LogP contribution in [0.5, 0.6) is 5.75 Å². The van der Waals surface area contributed by atoms with Crippen LogP contribution >= 0.6 is 0 Å². The molecule has 0 bridgehead atoms. The number of ether oxygens (including phenoxy) is 1. The van der Waals surface area contributed by atoms with E-state index in [4.69, 9.17) is 9.84 Å². The van der Waals surface area contributed by atoms with E-state index in [2.05, 4.69) is 15.2 Å². The molecule has 0 unspecified atom stereocenters. The number of benzene rings is 1. The van der Waals surface area contributed by atoms with E-state index in [-0.39, 0.29) is 6.42 Å². The highest BCUT2D eigenvalue weighted by Crippen LogP contribution is 2.25. The van der Waals surface area contributed by atoms with E-state index in [9.17, 15) is 4.79 Å². The number of aromatic nitrogens is 2. The monoisotopic (exact) mass is 324 g/mol. The van der Waals surface area contributed by atoms with Crippen molar-refractivity contribution in [3.05, 3.63) is 54.4 Å². The van der Waals surface area contributed by atoms with Crippen LogP contribution in [-0.4, -0.2) is 27.1 Å². The molecule has 7 heteroatoms. The van der Waals surface area contributed by atoms with Crippen LogP contribution in [0.25, 0.3) is 5.65 Å². The average molecular weight is 324 g/mol. The summed E-state index contributed by atoms with van der Waals surface area (Å²) in [4.78, 5) is 15.3. The lowest BCUT2D eigenvalue weighted by molar-refractivity contribution is -0.136. The molecule has 0 saturated carbocycles. The predicted molar refractivity (Wildman–Crippen MR) is 88.3 cm³/mol. The second kappa shape index (κ2) is 6.91. The number of hydrogen-bond donors (Lipinski definition) is 1. The van der Waals surface area contributed by atoms with Crippen LogP contribution in [-0.2, 0) is 11.2 Å². The molecule has 3 aromatic rings. The summed E-state index contributed by atoms with van der Waals surface area (Å²) in [6, 6.07) is 12.6. The SMILES string of the molecule is CCOc1ccc(N=Nc2c(CC(=O)O)nc3ccccn23)cc1. The van der Waals surface area contributed by atoms with Gasteiger partial charge in [-0.2, -0.15) is 0 Å². The molecule has 0 fully saturated rings. The number of carboxylic acid groups (broad SMARTS) is 1. The maximum absolute atomic E-state index is 11.0. The van der Waals surface area contributed by atoms with Crippen molar-refractivity contribution in [2.45, 2.75) is 13.3 Å². The highest BCUT2D eigenvalue weighted by molar-refractivity contribution is 5.72. The van der Waals surface area contributed by atoms with E-state index in [1.165, 1.54) is 0 Å². The highest BCUT2D eigenvalue weighted by atomic mass is 16.5. The first-order valence-corrected chi connectivity index (χ1v) is 7.49. The molecule has 0 amide bonds. The van der Waals surface area contributed by atoms with Crippen LogP contribution in [0.1, 0.15) is 12.6 Å². The van der Waals surface area contributed by atoms with Gasteiger partial charge in [-0.25, -0.2) is 4.98 Å². The van der Waals surface area contributed by atoms with Gasteiger partial charge >= 0.3 is 5.97 Å². The summed E-state index contributed by atoms with van der Waals surface area (Å²) in [6.45, 7) is 2.52. The Hall–Kier alpha value is -3.22. The van der Waals surface area contributed by atoms with Crippen molar-refractivity contribution < 1.29 is 14.6 Å². The van der Waals surface area contributed by atoms with Gasteiger partial charge in [-0.15, -0.1) is 10.2 Å². The molecule has 0 aliphatic carbocycles. The van der Waals surface area contributed by atoms with Gasteiger partial charge in [0.1, 0.15) is 11.4 Å². The quantitative estimate of drug-likeness (QED) is 0.699. The molecule has 0 radical (unpaired) electrons. The maximum Gasteiger partial charge on any atom is 0.309 e. The first kappa shape index (κ1) is 15.7. The van der Waals surface area contributed by atoms with Crippen molar-refractivity contribution in [3.63, 3.8) is 0 Å². The predicted octanol–water partition coefficient (Wildman–Crippen LogP) is 3.78. The molecule has 1 N–H and O–H groups in total. The number of pyridine rings is 1. The van der Waals surface area contributed by atoms with Gasteiger partial charge in [0.25, 0.3) is 0 Å². The van der Waals surface area contributed by atoms with Crippen LogP contribution in [0.3, 0.4) is 0 Å². The van der Waals surface area contributed by atoms with Crippen molar-refractivity contribution in [2.75, 3.05) is 6.61 Å². The normalized spacial score (nSPS) is 11.2. The molecular formula is C17H16N4O3. The zero-order valence-electron chi connectivity index (χ0n) is 13.1. The van der Waals surface area contributed by atoms with Gasteiger partial charge in [-0.1, -0.05) is 6.07 Å². The minimum atomic E-state index is -0.962. The van der Waals surface area contributed by atoms with E-state index >= 15 is 0 Å². The first-order chi connectivity index (χ1) is 11.7. The third-order valence-electron chi connectivity index (χ3n) is 3.30. The number of aliphatic carboxylic acids is 1. The molecule has 24 heavy (non-hydrogen) atoms.